The van der Waals surface area contributed by atoms with E-state index in [0.29, 0.717) is 16.4 Å². The van der Waals surface area contributed by atoms with Gasteiger partial charge in [-0.2, -0.15) is 0 Å². The SMILES string of the molecule is Cc1ncc(-c2ccc(Cl)nc2)c(N2CCC(C)(C)CC2)c1[C@H](OC(C)(C)C)C(=O)O. The van der Waals surface area contributed by atoms with Crippen LogP contribution in [0.2, 0.25) is 5.15 Å². The van der Waals surface area contributed by atoms with Crippen molar-refractivity contribution in [1.29, 1.82) is 0 Å². The van der Waals surface area contributed by atoms with E-state index in [0.717, 1.165) is 42.7 Å². The van der Waals surface area contributed by atoms with Crippen LogP contribution < -0.4 is 4.90 Å². The zero-order chi connectivity index (χ0) is 23.0. The summed E-state index contributed by atoms with van der Waals surface area (Å²) in [7, 11) is 0. The number of anilines is 1. The number of pyridine rings is 2. The van der Waals surface area contributed by atoms with Crippen LogP contribution in [0.5, 0.6) is 0 Å². The van der Waals surface area contributed by atoms with Gasteiger partial charge in [0.05, 0.1) is 11.3 Å². The number of carboxylic acids is 1. The second-order valence-electron chi connectivity index (χ2n) is 9.99. The summed E-state index contributed by atoms with van der Waals surface area (Å²) < 4.78 is 6.05. The standard InChI is InChI=1S/C24H32ClN3O3/c1-15-19(21(22(29)30)31-23(2,3)4)20(28-11-9-24(5,6)10-12-28)17(14-26-15)16-7-8-18(25)27-13-16/h7-8,13-14,21H,9-12H2,1-6H3,(H,29,30)/t21-/m0/s1. The molecule has 3 rings (SSSR count). The average Bonchev–Trinajstić information content (AvgIpc) is 2.66. The zero-order valence-corrected chi connectivity index (χ0v) is 20.0. The van der Waals surface area contributed by atoms with Crippen molar-refractivity contribution < 1.29 is 14.6 Å². The van der Waals surface area contributed by atoms with E-state index < -0.39 is 17.7 Å². The Kier molecular flexibility index (Phi) is 6.63. The number of hydrogen-bond acceptors (Lipinski definition) is 5. The fourth-order valence-corrected chi connectivity index (χ4v) is 4.04. The summed E-state index contributed by atoms with van der Waals surface area (Å²) in [4.78, 5) is 23.4. The van der Waals surface area contributed by atoms with Gasteiger partial charge < -0.3 is 14.7 Å². The van der Waals surface area contributed by atoms with Crippen molar-refractivity contribution in [3.05, 3.63) is 40.9 Å². The van der Waals surface area contributed by atoms with Crippen molar-refractivity contribution >= 4 is 23.3 Å². The minimum atomic E-state index is -1.13. The van der Waals surface area contributed by atoms with Gasteiger partial charge in [-0.3, -0.25) is 4.98 Å². The number of ether oxygens (including phenoxy) is 1. The van der Waals surface area contributed by atoms with E-state index >= 15 is 0 Å². The van der Waals surface area contributed by atoms with Gasteiger partial charge in [0.2, 0.25) is 0 Å². The fraction of sp³-hybridized carbons (Fsp3) is 0.542. The molecule has 6 nitrogen and oxygen atoms in total. The lowest BCUT2D eigenvalue weighted by Crippen LogP contribution is -2.39. The molecule has 1 aliphatic heterocycles. The summed E-state index contributed by atoms with van der Waals surface area (Å²) in [5, 5.41) is 10.5. The molecule has 2 aromatic heterocycles. The number of halogens is 1. The maximum absolute atomic E-state index is 12.4. The largest absolute Gasteiger partial charge is 0.479 e. The van der Waals surface area contributed by atoms with Gasteiger partial charge in [0.15, 0.2) is 6.10 Å². The van der Waals surface area contributed by atoms with Crippen LogP contribution in [-0.2, 0) is 9.53 Å². The normalized spacial score (nSPS) is 17.5. The second-order valence-corrected chi connectivity index (χ2v) is 10.4. The summed E-state index contributed by atoms with van der Waals surface area (Å²) in [6.07, 6.45) is 4.41. The molecule has 0 bridgehead atoms. The van der Waals surface area contributed by atoms with Crippen LogP contribution in [-0.4, -0.2) is 39.7 Å². The van der Waals surface area contributed by atoms with Crippen LogP contribution in [0.25, 0.3) is 11.1 Å². The van der Waals surface area contributed by atoms with Gasteiger partial charge in [0.25, 0.3) is 0 Å². The molecule has 0 aromatic carbocycles. The summed E-state index contributed by atoms with van der Waals surface area (Å²) in [5.74, 6) is -1.02. The molecule has 2 aromatic rings. The Labute approximate surface area is 189 Å². The number of rotatable bonds is 5. The molecule has 0 saturated carbocycles. The number of aliphatic carboxylic acids is 1. The van der Waals surface area contributed by atoms with Crippen molar-refractivity contribution in [2.24, 2.45) is 5.41 Å². The third kappa shape index (κ3) is 5.55. The smallest absolute Gasteiger partial charge is 0.337 e. The molecular weight excluding hydrogens is 414 g/mol. The van der Waals surface area contributed by atoms with Crippen LogP contribution in [0.15, 0.2) is 24.5 Å². The Hall–Kier alpha value is -2.18. The Morgan fingerprint density at radius 3 is 2.35 bits per heavy atom. The fourth-order valence-electron chi connectivity index (χ4n) is 3.93. The molecule has 1 N–H and O–H groups in total. The highest BCUT2D eigenvalue weighted by Crippen LogP contribution is 2.43. The minimum absolute atomic E-state index is 0.259. The predicted octanol–water partition coefficient (Wildman–Crippen LogP) is 5.67. The van der Waals surface area contributed by atoms with E-state index in [4.69, 9.17) is 16.3 Å². The monoisotopic (exact) mass is 445 g/mol. The van der Waals surface area contributed by atoms with Crippen LogP contribution in [0.3, 0.4) is 0 Å². The first-order valence-electron chi connectivity index (χ1n) is 10.6. The van der Waals surface area contributed by atoms with Crippen molar-refractivity contribution in [2.75, 3.05) is 18.0 Å². The van der Waals surface area contributed by atoms with Gasteiger partial charge in [0, 0.05) is 47.9 Å². The molecule has 1 fully saturated rings. The minimum Gasteiger partial charge on any atom is -0.479 e. The Balaban J connectivity index is 2.22. The molecule has 7 heteroatoms. The maximum Gasteiger partial charge on any atom is 0.337 e. The summed E-state index contributed by atoms with van der Waals surface area (Å²) in [5.41, 5.74) is 3.44. The maximum atomic E-state index is 12.4. The van der Waals surface area contributed by atoms with Crippen molar-refractivity contribution in [3.63, 3.8) is 0 Å². The third-order valence-electron chi connectivity index (χ3n) is 5.72. The number of piperidine rings is 1. The van der Waals surface area contributed by atoms with Crippen LogP contribution in [0, 0.1) is 12.3 Å². The number of carbonyl (C=O) groups is 1. The predicted molar refractivity (Wildman–Crippen MR) is 124 cm³/mol. The lowest BCUT2D eigenvalue weighted by Gasteiger charge is -2.40. The zero-order valence-electron chi connectivity index (χ0n) is 19.2. The van der Waals surface area contributed by atoms with Crippen molar-refractivity contribution in [2.45, 2.75) is 66.1 Å². The Bertz CT molecular complexity index is 942. The van der Waals surface area contributed by atoms with Gasteiger partial charge in [-0.05, 0) is 58.1 Å². The average molecular weight is 446 g/mol. The molecule has 0 unspecified atom stereocenters. The van der Waals surface area contributed by atoms with E-state index in [9.17, 15) is 9.90 Å². The molecular formula is C24H32ClN3O3. The number of aryl methyl sites for hydroxylation is 1. The molecule has 1 atom stereocenters. The molecule has 168 valence electrons. The molecule has 0 aliphatic carbocycles. The van der Waals surface area contributed by atoms with Crippen LogP contribution in [0.1, 0.15) is 64.8 Å². The molecule has 0 amide bonds. The van der Waals surface area contributed by atoms with Gasteiger partial charge in [-0.15, -0.1) is 0 Å². The van der Waals surface area contributed by atoms with Gasteiger partial charge in [0.1, 0.15) is 5.15 Å². The first-order valence-corrected chi connectivity index (χ1v) is 11.0. The van der Waals surface area contributed by atoms with Gasteiger partial charge >= 0.3 is 5.97 Å². The topological polar surface area (TPSA) is 75.5 Å². The molecule has 31 heavy (non-hydrogen) atoms. The van der Waals surface area contributed by atoms with E-state index in [2.05, 4.69) is 28.7 Å². The highest BCUT2D eigenvalue weighted by molar-refractivity contribution is 6.29. The number of aromatic nitrogens is 2. The second kappa shape index (κ2) is 8.75. The highest BCUT2D eigenvalue weighted by Gasteiger charge is 2.35. The van der Waals surface area contributed by atoms with Crippen molar-refractivity contribution in [3.8, 4) is 11.1 Å². The van der Waals surface area contributed by atoms with E-state index in [1.165, 1.54) is 0 Å². The summed E-state index contributed by atoms with van der Waals surface area (Å²) >= 11 is 6.01. The Morgan fingerprint density at radius 2 is 1.84 bits per heavy atom. The quantitative estimate of drug-likeness (QED) is 0.597. The molecule has 1 saturated heterocycles. The van der Waals surface area contributed by atoms with E-state index in [1.54, 1.807) is 18.5 Å². The van der Waals surface area contributed by atoms with E-state index in [-0.39, 0.29) is 5.41 Å². The van der Waals surface area contributed by atoms with E-state index in [1.807, 2.05) is 33.8 Å². The first kappa shape index (κ1) is 23.5. The lowest BCUT2D eigenvalue weighted by atomic mass is 9.82. The molecule has 1 aliphatic rings. The molecule has 0 radical (unpaired) electrons. The first-order chi connectivity index (χ1) is 14.4. The van der Waals surface area contributed by atoms with Gasteiger partial charge in [-0.25, -0.2) is 9.78 Å². The summed E-state index contributed by atoms with van der Waals surface area (Å²) in [6, 6.07) is 3.63. The number of hydrogen-bond donors (Lipinski definition) is 1. The third-order valence-corrected chi connectivity index (χ3v) is 5.94. The molecule has 0 spiro atoms. The van der Waals surface area contributed by atoms with Gasteiger partial charge in [-0.1, -0.05) is 25.4 Å². The van der Waals surface area contributed by atoms with Crippen LogP contribution >= 0.6 is 11.6 Å². The Morgan fingerprint density at radius 1 is 1.19 bits per heavy atom. The highest BCUT2D eigenvalue weighted by atomic mass is 35.5. The van der Waals surface area contributed by atoms with Crippen molar-refractivity contribution in [1.82, 2.24) is 9.97 Å². The molecule has 3 heterocycles. The lowest BCUT2D eigenvalue weighted by molar-refractivity contribution is -0.160. The summed E-state index contributed by atoms with van der Waals surface area (Å²) in [6.45, 7) is 13.6. The van der Waals surface area contributed by atoms with Crippen LogP contribution in [0.4, 0.5) is 5.69 Å². The number of carboxylic acid groups (broad SMARTS) is 1. The number of nitrogens with zero attached hydrogens (tertiary/aromatic N) is 3.